The van der Waals surface area contributed by atoms with Gasteiger partial charge in [-0.25, -0.2) is 0 Å². The zero-order chi connectivity index (χ0) is 11.1. The van der Waals surface area contributed by atoms with Gasteiger partial charge in [0, 0.05) is 11.9 Å². The molecule has 0 aliphatic heterocycles. The number of nitrogens with one attached hydrogen (secondary N) is 1. The number of quaternary nitrogens is 1. The Morgan fingerprint density at radius 2 is 2.00 bits per heavy atom. The number of pyridine rings is 1. The smallest absolute Gasteiger partial charge is 0.107 e. The van der Waals surface area contributed by atoms with Crippen LogP contribution in [0.25, 0.3) is 11.0 Å². The normalized spacial score (nSPS) is 12.3. The quantitative estimate of drug-likeness (QED) is 0.745. The van der Waals surface area contributed by atoms with Gasteiger partial charge in [-0.3, -0.25) is 4.98 Å². The van der Waals surface area contributed by atoms with Crippen molar-refractivity contribution in [2.45, 2.75) is 13.5 Å². The van der Waals surface area contributed by atoms with Crippen LogP contribution in [0.5, 0.6) is 0 Å². The van der Waals surface area contributed by atoms with Gasteiger partial charge in [0.1, 0.15) is 6.54 Å². The fourth-order valence-electron chi connectivity index (χ4n) is 1.78. The summed E-state index contributed by atoms with van der Waals surface area (Å²) >= 11 is 0. The molecule has 2 rings (SSSR count). The molecule has 0 aromatic carbocycles. The van der Waals surface area contributed by atoms with Crippen molar-refractivity contribution in [1.82, 2.24) is 9.97 Å². The van der Waals surface area contributed by atoms with Crippen LogP contribution >= 0.6 is 0 Å². The molecule has 2 aromatic heterocycles. The van der Waals surface area contributed by atoms with Gasteiger partial charge in [-0.15, -0.1) is 0 Å². The van der Waals surface area contributed by atoms with Crippen LogP contribution in [0.2, 0.25) is 0 Å². The van der Waals surface area contributed by atoms with Gasteiger partial charge < -0.3 is 9.47 Å². The van der Waals surface area contributed by atoms with E-state index in [4.69, 9.17) is 0 Å². The number of aromatic nitrogens is 2. The zero-order valence-corrected chi connectivity index (χ0v) is 9.83. The van der Waals surface area contributed by atoms with Gasteiger partial charge in [0.25, 0.3) is 0 Å². The van der Waals surface area contributed by atoms with E-state index in [2.05, 4.69) is 43.4 Å². The van der Waals surface area contributed by atoms with Gasteiger partial charge in [0.05, 0.1) is 37.7 Å². The average molecular weight is 204 g/mol. The van der Waals surface area contributed by atoms with Crippen LogP contribution in [0.3, 0.4) is 0 Å². The summed E-state index contributed by atoms with van der Waals surface area (Å²) in [4.78, 5) is 7.84. The second-order valence-corrected chi connectivity index (χ2v) is 5.11. The highest BCUT2D eigenvalue weighted by Gasteiger charge is 2.13. The number of hydrogen-bond donors (Lipinski definition) is 1. The van der Waals surface area contributed by atoms with Gasteiger partial charge >= 0.3 is 0 Å². The molecule has 0 fully saturated rings. The van der Waals surface area contributed by atoms with E-state index in [0.29, 0.717) is 0 Å². The van der Waals surface area contributed by atoms with Crippen molar-refractivity contribution < 1.29 is 4.48 Å². The maximum absolute atomic E-state index is 4.58. The maximum Gasteiger partial charge on any atom is 0.107 e. The zero-order valence-electron chi connectivity index (χ0n) is 9.83. The first kappa shape index (κ1) is 10.2. The van der Waals surface area contributed by atoms with Crippen molar-refractivity contribution >= 4 is 11.0 Å². The minimum Gasteiger partial charge on any atom is -0.359 e. The topological polar surface area (TPSA) is 28.7 Å². The summed E-state index contributed by atoms with van der Waals surface area (Å²) in [6, 6.07) is 4.13. The van der Waals surface area contributed by atoms with Crippen LogP contribution in [-0.2, 0) is 6.54 Å². The Kier molecular flexibility index (Phi) is 2.27. The lowest BCUT2D eigenvalue weighted by Crippen LogP contribution is -2.33. The number of H-pyrrole nitrogens is 1. The van der Waals surface area contributed by atoms with Crippen molar-refractivity contribution in [3.8, 4) is 0 Å². The minimum atomic E-state index is 0.919. The first-order valence-corrected chi connectivity index (χ1v) is 5.20. The summed E-state index contributed by atoms with van der Waals surface area (Å²) in [5, 5.41) is 0. The van der Waals surface area contributed by atoms with Crippen LogP contribution in [0, 0.1) is 6.92 Å². The van der Waals surface area contributed by atoms with Crippen molar-refractivity contribution in [3.63, 3.8) is 0 Å². The Morgan fingerprint density at radius 3 is 2.67 bits per heavy atom. The molecule has 0 saturated heterocycles. The maximum atomic E-state index is 4.58. The lowest BCUT2D eigenvalue weighted by molar-refractivity contribution is -0.883. The van der Waals surface area contributed by atoms with E-state index in [0.717, 1.165) is 27.8 Å². The number of hydrogen-bond acceptors (Lipinski definition) is 1. The fraction of sp³-hybridized carbons (Fsp3) is 0.417. The first-order chi connectivity index (χ1) is 6.96. The Balaban J connectivity index is 2.48. The van der Waals surface area contributed by atoms with Gasteiger partial charge in [-0.2, -0.15) is 0 Å². The number of fused-ring (bicyclic) bond motifs is 1. The molecule has 0 amide bonds. The summed E-state index contributed by atoms with van der Waals surface area (Å²) in [5.41, 5.74) is 4.61. The number of nitrogens with zero attached hydrogens (tertiary/aromatic N) is 2. The molecule has 0 atom stereocenters. The molecule has 0 unspecified atom stereocenters. The third kappa shape index (κ3) is 2.18. The van der Waals surface area contributed by atoms with Crippen LogP contribution in [-0.4, -0.2) is 35.6 Å². The van der Waals surface area contributed by atoms with E-state index in [1.54, 1.807) is 0 Å². The van der Waals surface area contributed by atoms with Gasteiger partial charge in [-0.1, -0.05) is 0 Å². The molecule has 2 aromatic rings. The monoisotopic (exact) mass is 204 g/mol. The SMILES string of the molecule is Cc1ccc2[nH]cc(C[N+](C)(C)C)c2n1. The van der Waals surface area contributed by atoms with E-state index >= 15 is 0 Å². The highest BCUT2D eigenvalue weighted by molar-refractivity contribution is 5.78. The molecule has 0 saturated carbocycles. The summed E-state index contributed by atoms with van der Waals surface area (Å²) in [6.07, 6.45) is 2.07. The highest BCUT2D eigenvalue weighted by atomic mass is 15.3. The van der Waals surface area contributed by atoms with Crippen molar-refractivity contribution in [1.29, 1.82) is 0 Å². The molecule has 3 heteroatoms. The molecule has 2 heterocycles. The Bertz CT molecular complexity index is 477. The van der Waals surface area contributed by atoms with E-state index in [-0.39, 0.29) is 0 Å². The standard InChI is InChI=1S/C12H18N3/c1-9-5-6-11-12(14-9)10(7-13-11)8-15(2,3)4/h5-7,13H,8H2,1-4H3/q+1. The fourth-order valence-corrected chi connectivity index (χ4v) is 1.78. The third-order valence-corrected chi connectivity index (χ3v) is 2.39. The summed E-state index contributed by atoms with van der Waals surface area (Å²) in [7, 11) is 6.57. The second-order valence-electron chi connectivity index (χ2n) is 5.11. The molecule has 0 bridgehead atoms. The number of aryl methyl sites for hydroxylation is 1. The van der Waals surface area contributed by atoms with E-state index in [9.17, 15) is 0 Å². The molecular weight excluding hydrogens is 186 g/mol. The highest BCUT2D eigenvalue weighted by Crippen LogP contribution is 2.18. The molecule has 0 aliphatic rings. The second kappa shape index (κ2) is 3.35. The molecular formula is C12H18N3+. The predicted octanol–water partition coefficient (Wildman–Crippen LogP) is 2.08. The average Bonchev–Trinajstić information content (AvgIpc) is 2.46. The van der Waals surface area contributed by atoms with Crippen molar-refractivity contribution in [2.75, 3.05) is 21.1 Å². The van der Waals surface area contributed by atoms with E-state index < -0.39 is 0 Å². The Hall–Kier alpha value is -1.35. The minimum absolute atomic E-state index is 0.919. The van der Waals surface area contributed by atoms with Crippen LogP contribution in [0.1, 0.15) is 11.3 Å². The van der Waals surface area contributed by atoms with E-state index in [1.807, 2.05) is 13.0 Å². The molecule has 0 radical (unpaired) electrons. The summed E-state index contributed by atoms with van der Waals surface area (Å²) < 4.78 is 0.919. The van der Waals surface area contributed by atoms with Crippen LogP contribution in [0.15, 0.2) is 18.3 Å². The third-order valence-electron chi connectivity index (χ3n) is 2.39. The predicted molar refractivity (Wildman–Crippen MR) is 62.6 cm³/mol. The lowest BCUT2D eigenvalue weighted by atomic mass is 10.2. The van der Waals surface area contributed by atoms with Crippen molar-refractivity contribution in [3.05, 3.63) is 29.6 Å². The number of rotatable bonds is 2. The van der Waals surface area contributed by atoms with E-state index in [1.165, 1.54) is 5.56 Å². The Morgan fingerprint density at radius 1 is 1.27 bits per heavy atom. The molecule has 0 spiro atoms. The molecule has 15 heavy (non-hydrogen) atoms. The van der Waals surface area contributed by atoms with Gasteiger partial charge in [0.15, 0.2) is 0 Å². The molecule has 3 nitrogen and oxygen atoms in total. The number of aromatic amines is 1. The molecule has 1 N–H and O–H groups in total. The van der Waals surface area contributed by atoms with Crippen LogP contribution < -0.4 is 0 Å². The van der Waals surface area contributed by atoms with Gasteiger partial charge in [0.2, 0.25) is 0 Å². The molecule has 80 valence electrons. The Labute approximate surface area is 90.3 Å². The summed E-state index contributed by atoms with van der Waals surface area (Å²) in [5.74, 6) is 0. The lowest BCUT2D eigenvalue weighted by Gasteiger charge is -2.23. The largest absolute Gasteiger partial charge is 0.359 e. The van der Waals surface area contributed by atoms with Crippen LogP contribution in [0.4, 0.5) is 0 Å². The first-order valence-electron chi connectivity index (χ1n) is 5.20. The molecule has 0 aliphatic carbocycles. The summed E-state index contributed by atoms with van der Waals surface area (Å²) in [6.45, 7) is 3.03. The van der Waals surface area contributed by atoms with Crippen molar-refractivity contribution in [2.24, 2.45) is 0 Å². The van der Waals surface area contributed by atoms with Gasteiger partial charge in [-0.05, 0) is 19.1 Å².